The number of hydrogen-bond donors (Lipinski definition) is 3. The van der Waals surface area contributed by atoms with Gasteiger partial charge in [0.15, 0.2) is 0 Å². The molecular weight excluding hydrogens is 349 g/mol. The zero-order valence-electron chi connectivity index (χ0n) is 10.7. The molecule has 0 aliphatic carbocycles. The lowest BCUT2D eigenvalue weighted by atomic mass is 9.77. The maximum atomic E-state index is 12.2. The maximum Gasteiger partial charge on any atom is 0.306 e. The Morgan fingerprint density at radius 2 is 2.06 bits per heavy atom. The van der Waals surface area contributed by atoms with Crippen LogP contribution in [0.15, 0.2) is 12.3 Å². The van der Waals surface area contributed by atoms with Gasteiger partial charge in [-0.2, -0.15) is 0 Å². The molecule has 104 valence electrons. The molecule has 0 spiro atoms. The lowest BCUT2D eigenvalue weighted by Crippen LogP contribution is -2.41. The fraction of sp³-hybridized carbons (Fsp3) is 0.545. The molecule has 0 radical (unpaired) electrons. The second-order valence-electron chi connectivity index (χ2n) is 3.87. The highest BCUT2D eigenvalue weighted by molar-refractivity contribution is 14.2. The van der Waals surface area contributed by atoms with Gasteiger partial charge in [-0.3, -0.25) is 15.4 Å². The van der Waals surface area contributed by atoms with E-state index >= 15 is 0 Å². The maximum absolute atomic E-state index is 12.2. The molecule has 0 aliphatic rings. The number of carbonyl (C=O) groups excluding carboxylic acids is 2. The summed E-state index contributed by atoms with van der Waals surface area (Å²) in [5.41, 5.74) is 2.03. The van der Waals surface area contributed by atoms with Crippen molar-refractivity contribution in [2.24, 2.45) is 11.3 Å². The second kappa shape index (κ2) is 8.20. The van der Waals surface area contributed by atoms with Crippen molar-refractivity contribution >= 4 is 37.4 Å². The van der Waals surface area contributed by atoms with Crippen molar-refractivity contribution in [3.05, 3.63) is 12.3 Å². The summed E-state index contributed by atoms with van der Waals surface area (Å²) in [6.07, 6.45) is 0.763. The van der Waals surface area contributed by atoms with Gasteiger partial charge in [0.25, 0.3) is 0 Å². The highest BCUT2D eigenvalue weighted by atomic mass is 127. The average molecular weight is 369 g/mol. The van der Waals surface area contributed by atoms with Crippen molar-refractivity contribution in [1.82, 2.24) is 8.96 Å². The van der Waals surface area contributed by atoms with Gasteiger partial charge in [-0.15, -0.1) is 0 Å². The number of ether oxygens (including phenoxy) is 1. The Balaban J connectivity index is 5.17. The number of rotatable bonds is 8. The fourth-order valence-electron chi connectivity index (χ4n) is 1.60. The molecule has 18 heavy (non-hydrogen) atoms. The SMILES string of the molecule is C=INC(=O)C(CC)(CC(=C)NN)CC(=O)OC. The minimum absolute atomic E-state index is 0.00370. The molecule has 4 N–H and O–H groups in total. The molecule has 1 amide bonds. The van der Waals surface area contributed by atoms with E-state index in [9.17, 15) is 9.59 Å². The summed E-state index contributed by atoms with van der Waals surface area (Å²) in [6.45, 7) is 5.55. The fourth-order valence-corrected chi connectivity index (χ4v) is 2.52. The van der Waals surface area contributed by atoms with Gasteiger partial charge >= 0.3 is 5.97 Å². The number of hydrazine groups is 1. The third-order valence-corrected chi connectivity index (χ3v) is 3.65. The van der Waals surface area contributed by atoms with Crippen LogP contribution in [-0.2, 0) is 14.3 Å². The van der Waals surface area contributed by atoms with E-state index in [0.717, 1.165) is 0 Å². The Hall–Kier alpha value is -0.960. The third-order valence-electron chi connectivity index (χ3n) is 2.78. The van der Waals surface area contributed by atoms with Gasteiger partial charge in [-0.05, 0) is 31.9 Å². The molecule has 0 heterocycles. The number of nitrogens with one attached hydrogen (secondary N) is 2. The van der Waals surface area contributed by atoms with Gasteiger partial charge in [0, 0.05) is 12.1 Å². The molecule has 1 atom stereocenters. The van der Waals surface area contributed by atoms with Gasteiger partial charge < -0.3 is 13.7 Å². The number of carbonyl (C=O) groups is 2. The summed E-state index contributed by atoms with van der Waals surface area (Å²) in [5.74, 6) is 4.64. The van der Waals surface area contributed by atoms with Gasteiger partial charge in [0.2, 0.25) is 5.91 Å². The van der Waals surface area contributed by atoms with E-state index in [1.807, 2.05) is 6.92 Å². The zero-order valence-corrected chi connectivity index (χ0v) is 12.9. The van der Waals surface area contributed by atoms with E-state index in [2.05, 4.69) is 24.8 Å². The normalized spacial score (nSPS) is 13.3. The first-order valence-corrected chi connectivity index (χ1v) is 7.95. The van der Waals surface area contributed by atoms with Crippen LogP contribution in [0.1, 0.15) is 26.2 Å². The van der Waals surface area contributed by atoms with Crippen molar-refractivity contribution in [3.63, 3.8) is 0 Å². The number of halogens is 1. The number of esters is 1. The van der Waals surface area contributed by atoms with Crippen LogP contribution in [0.4, 0.5) is 0 Å². The molecule has 0 bridgehead atoms. The number of allylic oxidation sites excluding steroid dienone is 1. The highest BCUT2D eigenvalue weighted by Gasteiger charge is 2.39. The summed E-state index contributed by atoms with van der Waals surface area (Å²) in [7, 11) is 1.30. The first-order valence-electron chi connectivity index (χ1n) is 5.34. The first-order chi connectivity index (χ1) is 8.45. The standard InChI is InChI=1S/C11H20IN3O3/c1-5-11(6-8(2)15-13,7-9(16)18-4)10(17)14-12-3/h15H,2-3,5-7,13H2,1,4H3,(H,14,17). The van der Waals surface area contributed by atoms with Gasteiger partial charge in [0.05, 0.1) is 18.9 Å². The van der Waals surface area contributed by atoms with E-state index in [-0.39, 0.29) is 18.7 Å². The monoisotopic (exact) mass is 369 g/mol. The van der Waals surface area contributed by atoms with Gasteiger partial charge in [-0.1, -0.05) is 13.5 Å². The largest absolute Gasteiger partial charge is 0.469 e. The molecule has 1 unspecified atom stereocenters. The van der Waals surface area contributed by atoms with E-state index in [4.69, 9.17) is 5.84 Å². The van der Waals surface area contributed by atoms with Crippen LogP contribution in [0, 0.1) is 5.41 Å². The molecule has 0 saturated carbocycles. The Labute approximate surface area is 117 Å². The first kappa shape index (κ1) is 17.0. The van der Waals surface area contributed by atoms with Gasteiger partial charge in [-0.25, -0.2) is 0 Å². The summed E-state index contributed by atoms with van der Waals surface area (Å²) >= 11 is -0.649. The summed E-state index contributed by atoms with van der Waals surface area (Å²) in [5, 5.41) is 0. The molecule has 0 aromatic rings. The minimum atomic E-state index is -0.881. The van der Waals surface area contributed by atoms with E-state index < -0.39 is 32.4 Å². The Kier molecular flexibility index (Phi) is 7.76. The molecule has 0 rings (SSSR count). The number of nitrogens with two attached hydrogens (primary N) is 1. The Morgan fingerprint density at radius 3 is 2.44 bits per heavy atom. The van der Waals surface area contributed by atoms with Crippen molar-refractivity contribution in [2.45, 2.75) is 26.2 Å². The third kappa shape index (κ3) is 4.73. The van der Waals surface area contributed by atoms with Crippen LogP contribution in [0.2, 0.25) is 0 Å². The second-order valence-corrected chi connectivity index (χ2v) is 5.17. The molecule has 0 aromatic carbocycles. The van der Waals surface area contributed by atoms with Crippen LogP contribution < -0.4 is 14.8 Å². The van der Waals surface area contributed by atoms with Crippen LogP contribution in [0.25, 0.3) is 0 Å². The molecule has 0 aliphatic heterocycles. The minimum Gasteiger partial charge on any atom is -0.469 e. The predicted molar refractivity (Wildman–Crippen MR) is 79.7 cm³/mol. The molecule has 6 nitrogen and oxygen atoms in total. The van der Waals surface area contributed by atoms with Crippen LogP contribution in [-0.4, -0.2) is 23.5 Å². The van der Waals surface area contributed by atoms with E-state index in [1.165, 1.54) is 7.11 Å². The average Bonchev–Trinajstić information content (AvgIpc) is 2.37. The Bertz CT molecular complexity index is 326. The molecule has 0 saturated heterocycles. The number of hydrogen-bond acceptors (Lipinski definition) is 5. The van der Waals surface area contributed by atoms with Crippen LogP contribution in [0.3, 0.4) is 0 Å². The predicted octanol–water partition coefficient (Wildman–Crippen LogP) is 0.747. The lowest BCUT2D eigenvalue weighted by molar-refractivity contribution is -0.147. The molecular formula is C11H20IN3O3. The van der Waals surface area contributed by atoms with Crippen molar-refractivity contribution in [1.29, 1.82) is 0 Å². The summed E-state index contributed by atoms with van der Waals surface area (Å²) in [4.78, 5) is 23.6. The van der Waals surface area contributed by atoms with Crippen LogP contribution in [0.5, 0.6) is 0 Å². The molecule has 0 fully saturated rings. The quantitative estimate of drug-likeness (QED) is 0.193. The summed E-state index contributed by atoms with van der Waals surface area (Å²) in [6, 6.07) is 0. The number of amides is 1. The van der Waals surface area contributed by atoms with Crippen LogP contribution >= 0.6 is 21.0 Å². The molecule has 7 heteroatoms. The summed E-state index contributed by atoms with van der Waals surface area (Å²) < 4.78 is 11.1. The topological polar surface area (TPSA) is 93.5 Å². The highest BCUT2D eigenvalue weighted by Crippen LogP contribution is 2.34. The van der Waals surface area contributed by atoms with Crippen molar-refractivity contribution in [3.8, 4) is 0 Å². The molecule has 0 aromatic heterocycles. The smallest absolute Gasteiger partial charge is 0.306 e. The van der Waals surface area contributed by atoms with E-state index in [0.29, 0.717) is 12.1 Å². The zero-order chi connectivity index (χ0) is 14.2. The number of methoxy groups -OCH3 is 1. The Morgan fingerprint density at radius 1 is 1.44 bits per heavy atom. The van der Waals surface area contributed by atoms with Crippen molar-refractivity contribution < 1.29 is 14.3 Å². The lowest BCUT2D eigenvalue weighted by Gasteiger charge is -2.30. The van der Waals surface area contributed by atoms with Crippen molar-refractivity contribution in [2.75, 3.05) is 7.11 Å². The van der Waals surface area contributed by atoms with E-state index in [1.54, 1.807) is 0 Å². The van der Waals surface area contributed by atoms with Gasteiger partial charge in [0.1, 0.15) is 0 Å².